The monoisotopic (exact) mass is 586 g/mol. The summed E-state index contributed by atoms with van der Waals surface area (Å²) >= 11 is 1.48. The van der Waals surface area contributed by atoms with Crippen LogP contribution in [-0.2, 0) is 14.3 Å². The van der Waals surface area contributed by atoms with Crippen LogP contribution in [0.3, 0.4) is 0 Å². The summed E-state index contributed by atoms with van der Waals surface area (Å²) in [5.41, 5.74) is 5.15. The van der Waals surface area contributed by atoms with Gasteiger partial charge in [0.1, 0.15) is 23.9 Å². The van der Waals surface area contributed by atoms with E-state index < -0.39 is 0 Å². The van der Waals surface area contributed by atoms with Gasteiger partial charge in [0.2, 0.25) is 11.8 Å². The molecule has 3 aromatic carbocycles. The van der Waals surface area contributed by atoms with Gasteiger partial charge >= 0.3 is 0 Å². The highest BCUT2D eigenvalue weighted by Crippen LogP contribution is 2.51. The SMILES string of the molecule is COCCNC(=O)CN1C(=O)CSC(c2cc(OC)ccc2OC)c2c(-c3ccccc3)nn(-c3ccc(C)cc3)c21. The summed E-state index contributed by atoms with van der Waals surface area (Å²) in [5.74, 6) is 1.55. The number of rotatable bonds is 10. The smallest absolute Gasteiger partial charge is 0.240 e. The molecule has 0 aliphatic carbocycles. The Kier molecular flexibility index (Phi) is 9.14. The molecule has 1 unspecified atom stereocenters. The second-order valence-corrected chi connectivity index (χ2v) is 10.9. The van der Waals surface area contributed by atoms with Gasteiger partial charge in [0.25, 0.3) is 0 Å². The molecule has 0 radical (unpaired) electrons. The molecule has 0 spiro atoms. The van der Waals surface area contributed by atoms with Gasteiger partial charge in [-0.3, -0.25) is 14.5 Å². The number of hydrogen-bond donors (Lipinski definition) is 1. The molecule has 1 atom stereocenters. The minimum atomic E-state index is -0.357. The highest BCUT2D eigenvalue weighted by molar-refractivity contribution is 8.00. The number of hydrogen-bond acceptors (Lipinski definition) is 7. The Morgan fingerprint density at radius 2 is 1.79 bits per heavy atom. The number of nitrogens with zero attached hydrogens (tertiary/aromatic N) is 3. The van der Waals surface area contributed by atoms with Crippen molar-refractivity contribution in [3.05, 3.63) is 89.5 Å². The number of anilines is 1. The zero-order valence-corrected chi connectivity index (χ0v) is 24.9. The molecule has 5 rings (SSSR count). The zero-order chi connectivity index (χ0) is 29.6. The number of carbonyl (C=O) groups is 2. The van der Waals surface area contributed by atoms with Gasteiger partial charge in [0.15, 0.2) is 0 Å². The van der Waals surface area contributed by atoms with Gasteiger partial charge in [-0.1, -0.05) is 48.0 Å². The average molecular weight is 587 g/mol. The fraction of sp³-hybridized carbons (Fsp3) is 0.281. The third-order valence-corrected chi connectivity index (χ3v) is 8.30. The van der Waals surface area contributed by atoms with E-state index in [1.807, 2.05) is 79.7 Å². The number of methoxy groups -OCH3 is 3. The first kappa shape index (κ1) is 29.2. The summed E-state index contributed by atoms with van der Waals surface area (Å²) in [6.45, 7) is 2.57. The Bertz CT molecular complexity index is 1560. The maximum Gasteiger partial charge on any atom is 0.240 e. The van der Waals surface area contributed by atoms with Gasteiger partial charge in [-0.15, -0.1) is 11.8 Å². The highest BCUT2D eigenvalue weighted by Gasteiger charge is 2.38. The van der Waals surface area contributed by atoms with Gasteiger partial charge in [-0.2, -0.15) is 5.10 Å². The first-order valence-corrected chi connectivity index (χ1v) is 14.6. The van der Waals surface area contributed by atoms with Gasteiger partial charge in [0, 0.05) is 30.3 Å². The predicted molar refractivity (Wildman–Crippen MR) is 165 cm³/mol. The van der Waals surface area contributed by atoms with E-state index in [-0.39, 0.29) is 29.4 Å². The Morgan fingerprint density at radius 3 is 2.48 bits per heavy atom. The minimum absolute atomic E-state index is 0.146. The molecule has 42 heavy (non-hydrogen) atoms. The van der Waals surface area contributed by atoms with Crippen molar-refractivity contribution < 1.29 is 23.8 Å². The molecule has 1 N–H and O–H groups in total. The second kappa shape index (κ2) is 13.1. The Hall–Kier alpha value is -4.28. The number of nitrogens with one attached hydrogen (secondary N) is 1. The molecule has 218 valence electrons. The first-order valence-electron chi connectivity index (χ1n) is 13.6. The van der Waals surface area contributed by atoms with Crippen molar-refractivity contribution in [2.75, 3.05) is 51.7 Å². The van der Waals surface area contributed by atoms with Crippen molar-refractivity contribution in [2.45, 2.75) is 12.2 Å². The first-order chi connectivity index (χ1) is 20.4. The van der Waals surface area contributed by atoms with Gasteiger partial charge in [-0.05, 0) is 37.3 Å². The lowest BCUT2D eigenvalue weighted by molar-refractivity contribution is -0.123. The quantitative estimate of drug-likeness (QED) is 0.267. The van der Waals surface area contributed by atoms with E-state index in [2.05, 4.69) is 5.32 Å². The fourth-order valence-corrected chi connectivity index (χ4v) is 6.19. The van der Waals surface area contributed by atoms with E-state index in [1.54, 1.807) is 30.9 Å². The van der Waals surface area contributed by atoms with Crippen molar-refractivity contribution in [2.24, 2.45) is 0 Å². The summed E-state index contributed by atoms with van der Waals surface area (Å²) in [4.78, 5) is 28.6. The van der Waals surface area contributed by atoms with Crippen LogP contribution in [0.2, 0.25) is 0 Å². The Balaban J connectivity index is 1.78. The summed E-state index contributed by atoms with van der Waals surface area (Å²) in [7, 11) is 4.82. The number of fused-ring (bicyclic) bond motifs is 1. The van der Waals surface area contributed by atoms with Crippen molar-refractivity contribution in [3.63, 3.8) is 0 Å². The third-order valence-electron chi connectivity index (χ3n) is 7.06. The predicted octanol–water partition coefficient (Wildman–Crippen LogP) is 4.80. The van der Waals surface area contributed by atoms with Crippen LogP contribution in [0.25, 0.3) is 16.9 Å². The van der Waals surface area contributed by atoms with E-state index in [0.717, 1.165) is 27.9 Å². The molecule has 9 nitrogen and oxygen atoms in total. The maximum absolute atomic E-state index is 13.9. The number of thioether (sulfide) groups is 1. The van der Waals surface area contributed by atoms with E-state index in [9.17, 15) is 9.59 Å². The average Bonchev–Trinajstić information content (AvgIpc) is 3.34. The van der Waals surface area contributed by atoms with E-state index in [4.69, 9.17) is 19.3 Å². The molecule has 10 heteroatoms. The van der Waals surface area contributed by atoms with Crippen LogP contribution < -0.4 is 19.7 Å². The van der Waals surface area contributed by atoms with Crippen LogP contribution >= 0.6 is 11.8 Å². The number of aromatic nitrogens is 2. The lowest BCUT2D eigenvalue weighted by Crippen LogP contribution is -2.43. The minimum Gasteiger partial charge on any atom is -0.497 e. The number of ether oxygens (including phenoxy) is 3. The molecule has 0 saturated heterocycles. The standard InChI is InChI=1S/C32H34N4O5S/c1-21-10-12-23(13-11-21)36-32-29(30(34-36)22-8-6-5-7-9-22)31(25-18-24(40-3)14-15-26(25)41-4)42-20-28(38)35(32)19-27(37)33-16-17-39-2/h5-15,18,31H,16-17,19-20H2,1-4H3,(H,33,37). The molecule has 0 bridgehead atoms. The Morgan fingerprint density at radius 1 is 1.02 bits per heavy atom. The molecule has 0 saturated carbocycles. The summed E-state index contributed by atoms with van der Waals surface area (Å²) in [5, 5.41) is 7.63. The molecule has 4 aromatic rings. The summed E-state index contributed by atoms with van der Waals surface area (Å²) < 4.78 is 18.3. The van der Waals surface area contributed by atoms with Crippen LogP contribution in [0, 0.1) is 6.92 Å². The van der Waals surface area contributed by atoms with Crippen LogP contribution in [0.4, 0.5) is 5.82 Å². The largest absolute Gasteiger partial charge is 0.497 e. The molecule has 1 aliphatic heterocycles. The summed E-state index contributed by atoms with van der Waals surface area (Å²) in [6.07, 6.45) is 0. The number of benzene rings is 3. The van der Waals surface area contributed by atoms with Crippen molar-refractivity contribution in [3.8, 4) is 28.4 Å². The number of aryl methyl sites for hydroxylation is 1. The van der Waals surface area contributed by atoms with Crippen molar-refractivity contribution >= 4 is 29.4 Å². The lowest BCUT2D eigenvalue weighted by atomic mass is 9.98. The van der Waals surface area contributed by atoms with E-state index >= 15 is 0 Å². The Labute approximate surface area is 249 Å². The van der Waals surface area contributed by atoms with Crippen molar-refractivity contribution in [1.29, 1.82) is 0 Å². The molecule has 2 heterocycles. The molecule has 0 fully saturated rings. The topological polar surface area (TPSA) is 94.9 Å². The highest BCUT2D eigenvalue weighted by atomic mass is 32.2. The maximum atomic E-state index is 13.9. The molecule has 1 aromatic heterocycles. The van der Waals surface area contributed by atoms with Crippen LogP contribution in [0.15, 0.2) is 72.8 Å². The molecule has 2 amide bonds. The lowest BCUT2D eigenvalue weighted by Gasteiger charge is -2.23. The normalized spacial score (nSPS) is 14.7. The van der Waals surface area contributed by atoms with Gasteiger partial charge in [-0.25, -0.2) is 4.68 Å². The van der Waals surface area contributed by atoms with Crippen LogP contribution in [0.5, 0.6) is 11.5 Å². The van der Waals surface area contributed by atoms with Gasteiger partial charge < -0.3 is 19.5 Å². The van der Waals surface area contributed by atoms with Gasteiger partial charge in [0.05, 0.1) is 43.2 Å². The van der Waals surface area contributed by atoms with E-state index in [1.165, 1.54) is 11.8 Å². The molecule has 1 aliphatic rings. The van der Waals surface area contributed by atoms with Crippen LogP contribution in [-0.4, -0.2) is 68.4 Å². The van der Waals surface area contributed by atoms with Crippen LogP contribution in [0.1, 0.15) is 21.9 Å². The second-order valence-electron chi connectivity index (χ2n) is 9.82. The zero-order valence-electron chi connectivity index (χ0n) is 24.1. The summed E-state index contributed by atoms with van der Waals surface area (Å²) in [6, 6.07) is 23.5. The number of carbonyl (C=O) groups excluding carboxylic acids is 2. The van der Waals surface area contributed by atoms with E-state index in [0.29, 0.717) is 36.2 Å². The fourth-order valence-electron chi connectivity index (χ4n) is 4.98. The number of amides is 2. The molecular formula is C32H34N4O5S. The third kappa shape index (κ3) is 6.00. The molecular weight excluding hydrogens is 552 g/mol. The van der Waals surface area contributed by atoms with Crippen molar-refractivity contribution in [1.82, 2.24) is 15.1 Å².